The maximum Gasteiger partial charge on any atom is 0.410 e. The Hall–Kier alpha value is -1.81. The highest BCUT2D eigenvalue weighted by atomic mass is 16.6. The number of carbonyl (C=O) groups is 2. The summed E-state index contributed by atoms with van der Waals surface area (Å²) in [6.45, 7) is 11.4. The minimum absolute atomic E-state index is 0.00494. The number of nitrogens with zero attached hydrogens (tertiary/aromatic N) is 4. The van der Waals surface area contributed by atoms with Crippen molar-refractivity contribution in [1.82, 2.24) is 14.7 Å². The zero-order valence-electron chi connectivity index (χ0n) is 15.7. The molecule has 0 bridgehead atoms. The summed E-state index contributed by atoms with van der Waals surface area (Å²) >= 11 is 0. The highest BCUT2D eigenvalue weighted by Crippen LogP contribution is 2.18. The van der Waals surface area contributed by atoms with Crippen LogP contribution in [0, 0.1) is 11.3 Å². The van der Waals surface area contributed by atoms with E-state index in [1.165, 1.54) is 0 Å². The van der Waals surface area contributed by atoms with Crippen LogP contribution >= 0.6 is 0 Å². The van der Waals surface area contributed by atoms with Gasteiger partial charge in [0.1, 0.15) is 5.60 Å². The lowest BCUT2D eigenvalue weighted by Crippen LogP contribution is -2.60. The van der Waals surface area contributed by atoms with E-state index in [0.717, 1.165) is 0 Å². The van der Waals surface area contributed by atoms with Gasteiger partial charge in [-0.1, -0.05) is 0 Å². The van der Waals surface area contributed by atoms with Crippen molar-refractivity contribution in [2.45, 2.75) is 58.7 Å². The molecular weight excluding hydrogens is 308 g/mol. The minimum Gasteiger partial charge on any atom is -0.444 e. The van der Waals surface area contributed by atoms with Gasteiger partial charge in [0.15, 0.2) is 0 Å². The van der Waals surface area contributed by atoms with Crippen molar-refractivity contribution in [3.63, 3.8) is 0 Å². The Kier molecular flexibility index (Phi) is 7.03. The Morgan fingerprint density at radius 1 is 1.25 bits per heavy atom. The summed E-state index contributed by atoms with van der Waals surface area (Å²) in [6, 6.07) is 2.17. The number of hydrogen-bond donors (Lipinski definition) is 0. The molecule has 24 heavy (non-hydrogen) atoms. The van der Waals surface area contributed by atoms with Crippen molar-refractivity contribution >= 4 is 12.0 Å². The van der Waals surface area contributed by atoms with Crippen molar-refractivity contribution in [2.24, 2.45) is 0 Å². The molecule has 2 atom stereocenters. The Bertz CT molecular complexity index is 483. The van der Waals surface area contributed by atoms with Gasteiger partial charge < -0.3 is 14.5 Å². The first-order chi connectivity index (χ1) is 11.0. The molecule has 7 nitrogen and oxygen atoms in total. The van der Waals surface area contributed by atoms with Crippen molar-refractivity contribution in [2.75, 3.05) is 33.2 Å². The van der Waals surface area contributed by atoms with Crippen LogP contribution in [0.2, 0.25) is 0 Å². The van der Waals surface area contributed by atoms with E-state index in [4.69, 9.17) is 10.00 Å². The van der Waals surface area contributed by atoms with Crippen LogP contribution in [0.25, 0.3) is 0 Å². The number of piperazine rings is 1. The molecule has 0 N–H and O–H groups in total. The summed E-state index contributed by atoms with van der Waals surface area (Å²) in [5, 5.41) is 8.62. The first-order valence-electron chi connectivity index (χ1n) is 8.39. The van der Waals surface area contributed by atoms with E-state index in [-0.39, 0.29) is 24.1 Å². The predicted octanol–water partition coefficient (Wildman–Crippen LogP) is 1.69. The Morgan fingerprint density at radius 2 is 1.79 bits per heavy atom. The Balaban J connectivity index is 2.62. The molecular formula is C17H30N4O3. The van der Waals surface area contributed by atoms with Crippen LogP contribution in [0.3, 0.4) is 0 Å². The summed E-state index contributed by atoms with van der Waals surface area (Å²) in [7, 11) is 1.71. The standard InChI is InChI=1S/C17H30N4O3/c1-13-10-20(16(23)24-17(3,4)5)11-14(2)21(13)12-15(22)19(6)9-7-8-18/h13-14H,7,9-12H2,1-6H3/t13-,14-/m0/s1. The van der Waals surface area contributed by atoms with E-state index in [2.05, 4.69) is 4.90 Å². The first kappa shape index (κ1) is 20.2. The average Bonchev–Trinajstić information content (AvgIpc) is 2.46. The van der Waals surface area contributed by atoms with Gasteiger partial charge in [-0.2, -0.15) is 5.26 Å². The molecule has 7 heteroatoms. The second-order valence-corrected chi connectivity index (χ2v) is 7.48. The monoisotopic (exact) mass is 338 g/mol. The second-order valence-electron chi connectivity index (χ2n) is 7.48. The van der Waals surface area contributed by atoms with Gasteiger partial charge in [-0.25, -0.2) is 4.79 Å². The van der Waals surface area contributed by atoms with Gasteiger partial charge in [-0.05, 0) is 34.6 Å². The fourth-order valence-electron chi connectivity index (χ4n) is 2.76. The fourth-order valence-corrected chi connectivity index (χ4v) is 2.76. The third-order valence-electron chi connectivity index (χ3n) is 4.06. The molecule has 2 amide bonds. The summed E-state index contributed by atoms with van der Waals surface area (Å²) in [4.78, 5) is 29.9. The molecule has 0 aromatic carbocycles. The number of carbonyl (C=O) groups excluding carboxylic acids is 2. The zero-order chi connectivity index (χ0) is 18.5. The summed E-state index contributed by atoms with van der Waals surface area (Å²) in [5.41, 5.74) is -0.514. The van der Waals surface area contributed by atoms with E-state index in [9.17, 15) is 9.59 Å². The van der Waals surface area contributed by atoms with Gasteiger partial charge in [0.2, 0.25) is 5.91 Å². The van der Waals surface area contributed by atoms with Crippen LogP contribution in [0.1, 0.15) is 41.0 Å². The van der Waals surface area contributed by atoms with Gasteiger partial charge in [0, 0.05) is 38.8 Å². The molecule has 0 spiro atoms. The van der Waals surface area contributed by atoms with E-state index in [1.54, 1.807) is 16.8 Å². The summed E-state index contributed by atoms with van der Waals surface area (Å²) in [6.07, 6.45) is 0.0260. The van der Waals surface area contributed by atoms with E-state index in [0.29, 0.717) is 32.6 Å². The van der Waals surface area contributed by atoms with Gasteiger partial charge in [0.05, 0.1) is 19.0 Å². The smallest absolute Gasteiger partial charge is 0.410 e. The van der Waals surface area contributed by atoms with Crippen LogP contribution in [-0.2, 0) is 9.53 Å². The Morgan fingerprint density at radius 3 is 2.25 bits per heavy atom. The molecule has 0 aromatic heterocycles. The quantitative estimate of drug-likeness (QED) is 0.779. The third-order valence-corrected chi connectivity index (χ3v) is 4.06. The molecule has 0 aliphatic carbocycles. The number of amides is 2. The fraction of sp³-hybridized carbons (Fsp3) is 0.824. The molecule has 1 saturated heterocycles. The zero-order valence-corrected chi connectivity index (χ0v) is 15.7. The molecule has 0 aromatic rings. The van der Waals surface area contributed by atoms with Crippen molar-refractivity contribution in [3.05, 3.63) is 0 Å². The topological polar surface area (TPSA) is 76.9 Å². The van der Waals surface area contributed by atoms with E-state index >= 15 is 0 Å². The number of likely N-dealkylation sites (N-methyl/N-ethyl adjacent to an activating group) is 1. The van der Waals surface area contributed by atoms with Gasteiger partial charge in [-0.3, -0.25) is 9.69 Å². The lowest BCUT2D eigenvalue weighted by molar-refractivity contribution is -0.133. The van der Waals surface area contributed by atoms with Gasteiger partial charge >= 0.3 is 6.09 Å². The lowest BCUT2D eigenvalue weighted by Gasteiger charge is -2.44. The van der Waals surface area contributed by atoms with Crippen LogP contribution in [0.5, 0.6) is 0 Å². The molecule has 1 fully saturated rings. The van der Waals surface area contributed by atoms with Crippen molar-refractivity contribution < 1.29 is 14.3 Å². The third kappa shape index (κ3) is 6.00. The molecule has 1 heterocycles. The minimum atomic E-state index is -0.514. The number of rotatable bonds is 4. The summed E-state index contributed by atoms with van der Waals surface area (Å²) < 4.78 is 5.44. The second kappa shape index (κ2) is 8.34. The van der Waals surface area contributed by atoms with Gasteiger partial charge in [0.25, 0.3) is 0 Å². The van der Waals surface area contributed by atoms with Crippen molar-refractivity contribution in [3.8, 4) is 6.07 Å². The van der Waals surface area contributed by atoms with Gasteiger partial charge in [-0.15, -0.1) is 0 Å². The van der Waals surface area contributed by atoms with Crippen molar-refractivity contribution in [1.29, 1.82) is 5.26 Å². The molecule has 1 rings (SSSR count). The largest absolute Gasteiger partial charge is 0.444 e. The normalized spacial score (nSPS) is 22.0. The molecule has 136 valence electrons. The van der Waals surface area contributed by atoms with E-state index < -0.39 is 5.60 Å². The van der Waals surface area contributed by atoms with Crippen LogP contribution in [0.4, 0.5) is 4.79 Å². The molecule has 0 unspecified atom stereocenters. The van der Waals surface area contributed by atoms with Crippen LogP contribution < -0.4 is 0 Å². The maximum atomic E-state index is 12.3. The SMILES string of the molecule is C[C@H]1CN(C(=O)OC(C)(C)C)C[C@H](C)N1CC(=O)N(C)CCC#N. The maximum absolute atomic E-state index is 12.3. The molecule has 0 radical (unpaired) electrons. The average molecular weight is 338 g/mol. The first-order valence-corrected chi connectivity index (χ1v) is 8.39. The molecule has 0 saturated carbocycles. The molecule has 1 aliphatic rings. The van der Waals surface area contributed by atoms with E-state index in [1.807, 2.05) is 40.7 Å². The predicted molar refractivity (Wildman–Crippen MR) is 91.3 cm³/mol. The summed E-state index contributed by atoms with van der Waals surface area (Å²) in [5.74, 6) is -0.00494. The number of ether oxygens (including phenoxy) is 1. The molecule has 1 aliphatic heterocycles. The lowest BCUT2D eigenvalue weighted by atomic mass is 10.1. The highest BCUT2D eigenvalue weighted by Gasteiger charge is 2.35. The van der Waals surface area contributed by atoms with Crippen LogP contribution in [0.15, 0.2) is 0 Å². The Labute approximate surface area is 145 Å². The number of hydrogen-bond acceptors (Lipinski definition) is 5. The highest BCUT2D eigenvalue weighted by molar-refractivity contribution is 5.78. The number of nitriles is 1. The van der Waals surface area contributed by atoms with Crippen LogP contribution in [-0.4, -0.2) is 77.6 Å².